The van der Waals surface area contributed by atoms with E-state index in [1.165, 1.54) is 0 Å². The molecule has 0 aliphatic carbocycles. The number of rotatable bonds is 3. The maximum absolute atomic E-state index is 5.40. The maximum atomic E-state index is 5.40. The molecule has 1 aromatic heterocycles. The lowest BCUT2D eigenvalue weighted by molar-refractivity contribution is 0.396. The summed E-state index contributed by atoms with van der Waals surface area (Å²) in [5, 5.41) is 0. The van der Waals surface area contributed by atoms with Gasteiger partial charge in [0.25, 0.3) is 0 Å². The average molecular weight is 232 g/mol. The van der Waals surface area contributed by atoms with Crippen molar-refractivity contribution in [1.82, 2.24) is 9.55 Å². The highest BCUT2D eigenvalue weighted by molar-refractivity contribution is 5.74. The molecule has 0 unspecified atom stereocenters. The van der Waals surface area contributed by atoms with Gasteiger partial charge in [0.2, 0.25) is 0 Å². The summed E-state index contributed by atoms with van der Waals surface area (Å²) in [5.74, 6) is 1.56. The van der Waals surface area contributed by atoms with Gasteiger partial charge in [-0.3, -0.25) is 0 Å². The Bertz CT molecular complexity index is 507. The van der Waals surface area contributed by atoms with Crippen LogP contribution in [0.25, 0.3) is 11.3 Å². The average Bonchev–Trinajstić information content (AvgIpc) is 2.74. The minimum absolute atomic E-state index is 0.778. The van der Waals surface area contributed by atoms with Crippen molar-refractivity contribution in [2.24, 2.45) is 7.05 Å². The van der Waals surface area contributed by atoms with Crippen LogP contribution in [0, 0.1) is 6.92 Å². The van der Waals surface area contributed by atoms with Crippen molar-refractivity contribution in [2.75, 3.05) is 14.2 Å². The number of hydrogen-bond acceptors (Lipinski definition) is 3. The zero-order valence-electron chi connectivity index (χ0n) is 10.5. The monoisotopic (exact) mass is 232 g/mol. The maximum Gasteiger partial charge on any atom is 0.132 e. The zero-order valence-corrected chi connectivity index (χ0v) is 10.5. The van der Waals surface area contributed by atoms with Gasteiger partial charge in [0.05, 0.1) is 31.8 Å². The molecule has 0 aliphatic rings. The number of aryl methyl sites for hydroxylation is 2. The number of hydrogen-bond donors (Lipinski definition) is 0. The fourth-order valence-corrected chi connectivity index (χ4v) is 1.84. The highest BCUT2D eigenvalue weighted by Crippen LogP contribution is 2.38. The smallest absolute Gasteiger partial charge is 0.132 e. The second-order valence-electron chi connectivity index (χ2n) is 3.97. The molecule has 0 saturated heterocycles. The summed E-state index contributed by atoms with van der Waals surface area (Å²) >= 11 is 0. The number of imidazole rings is 1. The molecule has 0 aliphatic heterocycles. The molecule has 0 fully saturated rings. The Morgan fingerprint density at radius 3 is 2.12 bits per heavy atom. The van der Waals surface area contributed by atoms with E-state index >= 15 is 0 Å². The van der Waals surface area contributed by atoms with E-state index in [-0.39, 0.29) is 0 Å². The van der Waals surface area contributed by atoms with Crippen molar-refractivity contribution in [3.63, 3.8) is 0 Å². The first-order chi connectivity index (χ1) is 8.15. The van der Waals surface area contributed by atoms with E-state index in [1.54, 1.807) is 20.5 Å². The van der Waals surface area contributed by atoms with E-state index in [0.717, 1.165) is 28.3 Å². The van der Waals surface area contributed by atoms with Gasteiger partial charge in [-0.25, -0.2) is 4.98 Å². The van der Waals surface area contributed by atoms with Gasteiger partial charge < -0.3 is 14.0 Å². The number of aromatic nitrogens is 2. The van der Waals surface area contributed by atoms with Gasteiger partial charge in [0, 0.05) is 13.2 Å². The molecule has 2 rings (SSSR count). The van der Waals surface area contributed by atoms with Crippen LogP contribution in [0.15, 0.2) is 24.7 Å². The predicted molar refractivity (Wildman–Crippen MR) is 66.5 cm³/mol. The molecular formula is C13H16N2O2. The van der Waals surface area contributed by atoms with Crippen LogP contribution in [0.3, 0.4) is 0 Å². The molecule has 17 heavy (non-hydrogen) atoms. The summed E-state index contributed by atoms with van der Waals surface area (Å²) in [6.45, 7) is 2.01. The summed E-state index contributed by atoms with van der Waals surface area (Å²) in [6.07, 6.45) is 3.70. The van der Waals surface area contributed by atoms with E-state index in [1.807, 2.05) is 36.9 Å². The molecular weight excluding hydrogens is 216 g/mol. The minimum Gasteiger partial charge on any atom is -0.496 e. The van der Waals surface area contributed by atoms with Gasteiger partial charge in [-0.05, 0) is 24.6 Å². The molecule has 0 amide bonds. The lowest BCUT2D eigenvalue weighted by atomic mass is 10.1. The number of methoxy groups -OCH3 is 2. The molecule has 0 N–H and O–H groups in total. The van der Waals surface area contributed by atoms with Gasteiger partial charge in [-0.2, -0.15) is 0 Å². The molecule has 0 saturated carbocycles. The lowest BCUT2D eigenvalue weighted by Gasteiger charge is -2.12. The Hall–Kier alpha value is -1.97. The molecule has 4 heteroatoms. The van der Waals surface area contributed by atoms with Crippen molar-refractivity contribution in [1.29, 1.82) is 0 Å². The molecule has 1 aromatic carbocycles. The third-order valence-electron chi connectivity index (χ3n) is 2.61. The van der Waals surface area contributed by atoms with E-state index in [4.69, 9.17) is 9.47 Å². The number of ether oxygens (including phenoxy) is 2. The molecule has 1 heterocycles. The van der Waals surface area contributed by atoms with Crippen LogP contribution < -0.4 is 9.47 Å². The molecule has 0 atom stereocenters. The summed E-state index contributed by atoms with van der Waals surface area (Å²) < 4.78 is 12.7. The summed E-state index contributed by atoms with van der Waals surface area (Å²) in [7, 11) is 5.24. The molecule has 90 valence electrons. The molecule has 2 aromatic rings. The fraction of sp³-hybridized carbons (Fsp3) is 0.308. The third kappa shape index (κ3) is 2.11. The molecule has 0 radical (unpaired) electrons. The summed E-state index contributed by atoms with van der Waals surface area (Å²) in [5.41, 5.74) is 2.83. The Balaban J connectivity index is 2.65. The molecule has 0 bridgehead atoms. The van der Waals surface area contributed by atoms with Gasteiger partial charge in [-0.1, -0.05) is 0 Å². The summed E-state index contributed by atoms with van der Waals surface area (Å²) in [6, 6.07) is 3.96. The van der Waals surface area contributed by atoms with Gasteiger partial charge in [0.1, 0.15) is 11.5 Å². The van der Waals surface area contributed by atoms with Crippen LogP contribution in [0.4, 0.5) is 0 Å². The van der Waals surface area contributed by atoms with Crippen LogP contribution in [0.2, 0.25) is 0 Å². The largest absolute Gasteiger partial charge is 0.496 e. The van der Waals surface area contributed by atoms with Crippen molar-refractivity contribution in [3.05, 3.63) is 30.2 Å². The number of nitrogens with zero attached hydrogens (tertiary/aromatic N) is 2. The Labute approximate surface area is 101 Å². The van der Waals surface area contributed by atoms with E-state index < -0.39 is 0 Å². The highest BCUT2D eigenvalue weighted by atomic mass is 16.5. The quantitative estimate of drug-likeness (QED) is 0.815. The SMILES string of the molecule is COc1cc(C)cc(OC)c1-c1cn(C)cn1. The first-order valence-electron chi connectivity index (χ1n) is 5.36. The van der Waals surface area contributed by atoms with Gasteiger partial charge in [0.15, 0.2) is 0 Å². The first kappa shape index (κ1) is 11.5. The third-order valence-corrected chi connectivity index (χ3v) is 2.61. The fourth-order valence-electron chi connectivity index (χ4n) is 1.84. The van der Waals surface area contributed by atoms with Crippen molar-refractivity contribution in [3.8, 4) is 22.8 Å². The minimum atomic E-state index is 0.778. The van der Waals surface area contributed by atoms with Crippen molar-refractivity contribution in [2.45, 2.75) is 6.92 Å². The van der Waals surface area contributed by atoms with E-state index in [0.29, 0.717) is 0 Å². The normalized spacial score (nSPS) is 10.4. The Kier molecular flexibility index (Phi) is 3.04. The van der Waals surface area contributed by atoms with Crippen LogP contribution in [-0.4, -0.2) is 23.8 Å². The van der Waals surface area contributed by atoms with Crippen LogP contribution in [-0.2, 0) is 7.05 Å². The second kappa shape index (κ2) is 4.49. The van der Waals surface area contributed by atoms with Gasteiger partial charge >= 0.3 is 0 Å². The standard InChI is InChI=1S/C13H16N2O2/c1-9-5-11(16-3)13(12(6-9)17-4)10-7-15(2)8-14-10/h5-8H,1-4H3. The van der Waals surface area contributed by atoms with Crippen molar-refractivity contribution >= 4 is 0 Å². The predicted octanol–water partition coefficient (Wildman–Crippen LogP) is 2.41. The van der Waals surface area contributed by atoms with Crippen LogP contribution in [0.5, 0.6) is 11.5 Å². The topological polar surface area (TPSA) is 36.3 Å². The van der Waals surface area contributed by atoms with E-state index in [2.05, 4.69) is 4.98 Å². The summed E-state index contributed by atoms with van der Waals surface area (Å²) in [4.78, 5) is 4.34. The lowest BCUT2D eigenvalue weighted by Crippen LogP contribution is -1.94. The first-order valence-corrected chi connectivity index (χ1v) is 5.36. The number of benzene rings is 1. The highest BCUT2D eigenvalue weighted by Gasteiger charge is 2.15. The second-order valence-corrected chi connectivity index (χ2v) is 3.97. The Morgan fingerprint density at radius 2 is 1.71 bits per heavy atom. The van der Waals surface area contributed by atoms with Gasteiger partial charge in [-0.15, -0.1) is 0 Å². The van der Waals surface area contributed by atoms with Crippen molar-refractivity contribution < 1.29 is 9.47 Å². The Morgan fingerprint density at radius 1 is 1.12 bits per heavy atom. The van der Waals surface area contributed by atoms with E-state index in [9.17, 15) is 0 Å². The molecule has 0 spiro atoms. The van der Waals surface area contributed by atoms with Crippen LogP contribution in [0.1, 0.15) is 5.56 Å². The molecule has 4 nitrogen and oxygen atoms in total. The zero-order chi connectivity index (χ0) is 12.4. The van der Waals surface area contributed by atoms with Crippen LogP contribution >= 0.6 is 0 Å².